The van der Waals surface area contributed by atoms with E-state index in [0.717, 1.165) is 22.3 Å². The number of carbonyl (C=O) groups excluding carboxylic acids is 2. The van der Waals surface area contributed by atoms with Crippen LogP contribution in [-0.4, -0.2) is 51.9 Å². The number of carboxylic acid groups (broad SMARTS) is 1. The van der Waals surface area contributed by atoms with Gasteiger partial charge in [-0.1, -0.05) is 48.5 Å². The van der Waals surface area contributed by atoms with Gasteiger partial charge >= 0.3 is 12.1 Å². The number of carboxylic acids is 1. The number of aliphatic carboxylic acids is 1. The van der Waals surface area contributed by atoms with Gasteiger partial charge in [-0.25, -0.2) is 14.6 Å². The van der Waals surface area contributed by atoms with Crippen LogP contribution >= 0.6 is 11.3 Å². The van der Waals surface area contributed by atoms with Crippen molar-refractivity contribution >= 4 is 29.3 Å². The smallest absolute Gasteiger partial charge is 0.407 e. The van der Waals surface area contributed by atoms with Crippen molar-refractivity contribution in [2.24, 2.45) is 0 Å². The van der Waals surface area contributed by atoms with E-state index in [1.807, 2.05) is 36.4 Å². The number of alkyl carbamates (subject to hydrolysis) is 1. The molecule has 0 fully saturated rings. The Labute approximate surface area is 205 Å². The van der Waals surface area contributed by atoms with Gasteiger partial charge < -0.3 is 25.6 Å². The summed E-state index contributed by atoms with van der Waals surface area (Å²) in [6, 6.07) is 16.1. The predicted molar refractivity (Wildman–Crippen MR) is 129 cm³/mol. The molecule has 1 aliphatic rings. The van der Waals surface area contributed by atoms with Crippen molar-refractivity contribution in [1.29, 1.82) is 0 Å². The molecule has 2 aromatic carbocycles. The van der Waals surface area contributed by atoms with Crippen molar-refractivity contribution in [3.8, 4) is 11.1 Å². The van der Waals surface area contributed by atoms with E-state index in [-0.39, 0.29) is 24.8 Å². The van der Waals surface area contributed by atoms with Gasteiger partial charge in [-0.05, 0) is 36.1 Å². The van der Waals surface area contributed by atoms with Gasteiger partial charge in [0.05, 0.1) is 13.2 Å². The first-order valence-corrected chi connectivity index (χ1v) is 11.8. The maximum Gasteiger partial charge on any atom is 0.407 e. The van der Waals surface area contributed by atoms with Crippen LogP contribution in [-0.2, 0) is 16.1 Å². The Morgan fingerprint density at radius 3 is 2.26 bits per heavy atom. The van der Waals surface area contributed by atoms with E-state index in [9.17, 15) is 24.6 Å². The summed E-state index contributed by atoms with van der Waals surface area (Å²) in [7, 11) is 0. The lowest BCUT2D eigenvalue weighted by atomic mass is 9.98. The molecule has 1 heterocycles. The highest BCUT2D eigenvalue weighted by Crippen LogP contribution is 2.44. The Morgan fingerprint density at radius 1 is 1.09 bits per heavy atom. The second-order valence-corrected chi connectivity index (χ2v) is 9.73. The number of thiazole rings is 1. The molecule has 0 saturated heterocycles. The SMILES string of the molecule is Cc1sc(CNC(=O)OCC2c3ccccc3-c3ccccc32)nc1C(=O)NC(C)(CO)C(=O)O. The number of hydrogen-bond donors (Lipinski definition) is 4. The summed E-state index contributed by atoms with van der Waals surface area (Å²) in [5, 5.41) is 24.0. The number of aliphatic hydroxyl groups excluding tert-OH is 1. The second kappa shape index (κ2) is 9.85. The quantitative estimate of drug-likeness (QED) is 0.377. The average Bonchev–Trinajstić information content (AvgIpc) is 3.38. The lowest BCUT2D eigenvalue weighted by Crippen LogP contribution is -2.55. The second-order valence-electron chi connectivity index (χ2n) is 8.44. The Morgan fingerprint density at radius 2 is 1.69 bits per heavy atom. The van der Waals surface area contributed by atoms with Crippen LogP contribution in [0.5, 0.6) is 0 Å². The van der Waals surface area contributed by atoms with E-state index >= 15 is 0 Å². The van der Waals surface area contributed by atoms with Gasteiger partial charge in [-0.3, -0.25) is 4.79 Å². The normalized spacial score (nSPS) is 13.9. The summed E-state index contributed by atoms with van der Waals surface area (Å²) in [5.41, 5.74) is 2.73. The fourth-order valence-corrected chi connectivity index (χ4v) is 4.87. The van der Waals surface area contributed by atoms with Crippen molar-refractivity contribution in [3.63, 3.8) is 0 Å². The van der Waals surface area contributed by atoms with Crippen LogP contribution in [0, 0.1) is 6.92 Å². The maximum absolute atomic E-state index is 12.5. The van der Waals surface area contributed by atoms with Gasteiger partial charge in [0.15, 0.2) is 5.54 Å². The summed E-state index contributed by atoms with van der Waals surface area (Å²) >= 11 is 1.20. The molecule has 0 radical (unpaired) electrons. The number of aryl methyl sites for hydroxylation is 1. The van der Waals surface area contributed by atoms with Crippen LogP contribution in [0.1, 0.15) is 44.3 Å². The van der Waals surface area contributed by atoms with Gasteiger partial charge in [-0.15, -0.1) is 11.3 Å². The highest BCUT2D eigenvalue weighted by molar-refractivity contribution is 7.11. The van der Waals surface area contributed by atoms with Crippen molar-refractivity contribution < 1.29 is 29.3 Å². The molecule has 1 aliphatic carbocycles. The van der Waals surface area contributed by atoms with E-state index in [2.05, 4.69) is 27.8 Å². The predicted octanol–water partition coefficient (Wildman–Crippen LogP) is 3.06. The molecule has 0 spiro atoms. The number of benzene rings is 2. The Hall–Kier alpha value is -3.76. The molecule has 4 N–H and O–H groups in total. The largest absolute Gasteiger partial charge is 0.479 e. The van der Waals surface area contributed by atoms with Crippen molar-refractivity contribution in [1.82, 2.24) is 15.6 Å². The fourth-order valence-electron chi connectivity index (χ4n) is 4.01. The zero-order valence-electron chi connectivity index (χ0n) is 19.2. The molecule has 0 bridgehead atoms. The van der Waals surface area contributed by atoms with E-state index < -0.39 is 30.1 Å². The number of nitrogens with zero attached hydrogens (tertiary/aromatic N) is 1. The maximum atomic E-state index is 12.5. The molecule has 1 aromatic heterocycles. The van der Waals surface area contributed by atoms with Crippen LogP contribution in [0.4, 0.5) is 4.79 Å². The number of fused-ring (bicyclic) bond motifs is 3. The number of ether oxygens (including phenoxy) is 1. The molecule has 10 heteroatoms. The number of rotatable bonds is 8. The molecule has 3 aromatic rings. The third-order valence-electron chi connectivity index (χ3n) is 5.96. The van der Waals surface area contributed by atoms with E-state index in [1.165, 1.54) is 18.3 Å². The van der Waals surface area contributed by atoms with Crippen LogP contribution < -0.4 is 10.6 Å². The number of amides is 2. The minimum Gasteiger partial charge on any atom is -0.479 e. The van der Waals surface area contributed by atoms with Gasteiger partial charge in [-0.2, -0.15) is 0 Å². The first-order chi connectivity index (χ1) is 16.7. The zero-order valence-corrected chi connectivity index (χ0v) is 20.0. The molecule has 2 amide bonds. The Kier molecular flexibility index (Phi) is 6.86. The fraction of sp³-hybridized carbons (Fsp3) is 0.280. The number of carbonyl (C=O) groups is 3. The Balaban J connectivity index is 1.36. The molecular weight excluding hydrogens is 470 g/mol. The van der Waals surface area contributed by atoms with Crippen LogP contribution in [0.15, 0.2) is 48.5 Å². The molecule has 1 atom stereocenters. The van der Waals surface area contributed by atoms with Gasteiger partial charge in [0, 0.05) is 10.8 Å². The summed E-state index contributed by atoms with van der Waals surface area (Å²) in [4.78, 5) is 41.0. The van der Waals surface area contributed by atoms with Gasteiger partial charge in [0.1, 0.15) is 17.3 Å². The zero-order chi connectivity index (χ0) is 25.2. The van der Waals surface area contributed by atoms with Crippen LogP contribution in [0.2, 0.25) is 0 Å². The van der Waals surface area contributed by atoms with E-state index in [4.69, 9.17) is 4.74 Å². The summed E-state index contributed by atoms with van der Waals surface area (Å²) in [6.45, 7) is 2.33. The molecule has 35 heavy (non-hydrogen) atoms. The van der Waals surface area contributed by atoms with Crippen molar-refractivity contribution in [3.05, 3.63) is 75.2 Å². The standard InChI is InChI=1S/C25H25N3O6S/c1-14-21(22(30)28-25(2,13-29)23(31)32)27-20(35-14)11-26-24(33)34-12-19-17-9-5-3-7-15(17)16-8-4-6-10-18(16)19/h3-10,19,29H,11-13H2,1-2H3,(H,26,33)(H,28,30)(H,31,32). The van der Waals surface area contributed by atoms with Crippen LogP contribution in [0.3, 0.4) is 0 Å². The first-order valence-electron chi connectivity index (χ1n) is 11.0. The summed E-state index contributed by atoms with van der Waals surface area (Å²) in [6.07, 6.45) is -0.607. The third-order valence-corrected chi connectivity index (χ3v) is 6.93. The lowest BCUT2D eigenvalue weighted by Gasteiger charge is -2.23. The molecule has 1 unspecified atom stereocenters. The average molecular weight is 496 g/mol. The van der Waals surface area contributed by atoms with E-state index in [0.29, 0.717) is 9.88 Å². The lowest BCUT2D eigenvalue weighted by molar-refractivity contribution is -0.145. The van der Waals surface area contributed by atoms with Crippen molar-refractivity contribution in [2.45, 2.75) is 31.8 Å². The molecule has 0 saturated carbocycles. The van der Waals surface area contributed by atoms with Crippen LogP contribution in [0.25, 0.3) is 11.1 Å². The number of aromatic nitrogens is 1. The first kappa shape index (κ1) is 24.4. The highest BCUT2D eigenvalue weighted by atomic mass is 32.1. The number of nitrogens with one attached hydrogen (secondary N) is 2. The number of aliphatic hydroxyl groups is 1. The van der Waals surface area contributed by atoms with Gasteiger partial charge in [0.25, 0.3) is 5.91 Å². The minimum absolute atomic E-state index is 0.0419. The summed E-state index contributed by atoms with van der Waals surface area (Å²) < 4.78 is 5.51. The number of hydrogen-bond acceptors (Lipinski definition) is 7. The Bertz CT molecular complexity index is 1240. The third kappa shape index (κ3) is 4.89. The molecule has 9 nitrogen and oxygen atoms in total. The van der Waals surface area contributed by atoms with Crippen molar-refractivity contribution in [2.75, 3.05) is 13.2 Å². The van der Waals surface area contributed by atoms with E-state index in [1.54, 1.807) is 6.92 Å². The molecular formula is C25H25N3O6S. The minimum atomic E-state index is -1.83. The molecule has 182 valence electrons. The van der Waals surface area contributed by atoms with Gasteiger partial charge in [0.2, 0.25) is 0 Å². The molecule has 0 aliphatic heterocycles. The molecule has 4 rings (SSSR count). The highest BCUT2D eigenvalue weighted by Gasteiger charge is 2.35. The monoisotopic (exact) mass is 495 g/mol. The topological polar surface area (TPSA) is 138 Å². The summed E-state index contributed by atoms with van der Waals surface area (Å²) in [5.74, 6) is -2.14.